The van der Waals surface area contributed by atoms with Crippen LogP contribution in [0, 0.1) is 5.92 Å². The number of benzene rings is 1. The zero-order valence-electron chi connectivity index (χ0n) is 17.9. The van der Waals surface area contributed by atoms with Gasteiger partial charge in [-0.05, 0) is 56.2 Å². The van der Waals surface area contributed by atoms with E-state index in [2.05, 4.69) is 65.8 Å². The zero-order chi connectivity index (χ0) is 20.0. The van der Waals surface area contributed by atoms with Crippen LogP contribution in [0.3, 0.4) is 0 Å². The van der Waals surface area contributed by atoms with Gasteiger partial charge in [-0.3, -0.25) is 4.99 Å². The van der Waals surface area contributed by atoms with Crippen LogP contribution in [-0.2, 0) is 15.9 Å². The van der Waals surface area contributed by atoms with Gasteiger partial charge in [0.15, 0.2) is 5.96 Å². The molecule has 1 saturated heterocycles. The van der Waals surface area contributed by atoms with Crippen molar-refractivity contribution in [3.05, 3.63) is 29.8 Å². The second-order valence-corrected chi connectivity index (χ2v) is 7.48. The third kappa shape index (κ3) is 8.93. The van der Waals surface area contributed by atoms with Crippen LogP contribution < -0.4 is 15.5 Å². The number of aliphatic imine (C=N–C) groups is 1. The van der Waals surface area contributed by atoms with Crippen molar-refractivity contribution in [1.29, 1.82) is 0 Å². The van der Waals surface area contributed by atoms with E-state index in [9.17, 15) is 0 Å². The normalized spacial score (nSPS) is 15.5. The molecule has 1 aliphatic rings. The average molecular weight is 391 g/mol. The molecule has 0 atom stereocenters. The van der Waals surface area contributed by atoms with E-state index in [1.807, 2.05) is 0 Å². The van der Waals surface area contributed by atoms with Crippen molar-refractivity contribution < 1.29 is 9.47 Å². The zero-order valence-corrected chi connectivity index (χ0v) is 17.9. The highest BCUT2D eigenvalue weighted by Crippen LogP contribution is 2.14. The predicted molar refractivity (Wildman–Crippen MR) is 117 cm³/mol. The van der Waals surface area contributed by atoms with Crippen molar-refractivity contribution in [2.75, 3.05) is 65.1 Å². The smallest absolute Gasteiger partial charge is 0.191 e. The Kier molecular flexibility index (Phi) is 10.8. The van der Waals surface area contributed by atoms with E-state index in [-0.39, 0.29) is 0 Å². The van der Waals surface area contributed by atoms with Crippen LogP contribution in [-0.4, -0.2) is 66.1 Å². The molecular formula is C22H38N4O2. The Morgan fingerprint density at radius 1 is 1.18 bits per heavy atom. The Bertz CT molecular complexity index is 554. The summed E-state index contributed by atoms with van der Waals surface area (Å²) in [6.45, 7) is 8.01. The van der Waals surface area contributed by atoms with Crippen molar-refractivity contribution in [3.63, 3.8) is 0 Å². The Morgan fingerprint density at radius 2 is 1.93 bits per heavy atom. The Labute approximate surface area is 170 Å². The highest BCUT2D eigenvalue weighted by molar-refractivity contribution is 5.79. The maximum absolute atomic E-state index is 5.81. The summed E-state index contributed by atoms with van der Waals surface area (Å²) in [6.07, 6.45) is 4.19. The minimum Gasteiger partial charge on any atom is -0.381 e. The number of rotatable bonds is 11. The van der Waals surface area contributed by atoms with Gasteiger partial charge in [0.25, 0.3) is 0 Å². The number of nitrogens with zero attached hydrogens (tertiary/aromatic N) is 2. The van der Waals surface area contributed by atoms with Gasteiger partial charge in [-0.15, -0.1) is 0 Å². The van der Waals surface area contributed by atoms with Crippen molar-refractivity contribution in [2.24, 2.45) is 10.9 Å². The van der Waals surface area contributed by atoms with Crippen LogP contribution in [0.4, 0.5) is 5.69 Å². The molecule has 0 bridgehead atoms. The molecule has 1 aromatic carbocycles. The van der Waals surface area contributed by atoms with Crippen LogP contribution in [0.25, 0.3) is 0 Å². The molecule has 1 aromatic rings. The van der Waals surface area contributed by atoms with Gasteiger partial charge in [0.05, 0.1) is 0 Å². The largest absolute Gasteiger partial charge is 0.381 e. The Morgan fingerprint density at radius 3 is 2.61 bits per heavy atom. The molecule has 0 unspecified atom stereocenters. The standard InChI is InChI=1S/C22H38N4O2/c1-4-23-22(24-13-5-15-28-18-20-11-16-27-17-12-20)25-14-10-19-6-8-21(9-7-19)26(2)3/h6-9,20H,4-5,10-18H2,1-3H3,(H2,23,24,25). The fourth-order valence-corrected chi connectivity index (χ4v) is 3.15. The summed E-state index contributed by atoms with van der Waals surface area (Å²) in [6, 6.07) is 8.71. The average Bonchev–Trinajstić information content (AvgIpc) is 2.71. The molecular weight excluding hydrogens is 352 g/mol. The van der Waals surface area contributed by atoms with Gasteiger partial charge in [-0.2, -0.15) is 0 Å². The fraction of sp³-hybridized carbons (Fsp3) is 0.682. The predicted octanol–water partition coefficient (Wildman–Crippen LogP) is 2.68. The number of hydrogen-bond donors (Lipinski definition) is 2. The van der Waals surface area contributed by atoms with Crippen molar-refractivity contribution in [3.8, 4) is 0 Å². The number of nitrogens with one attached hydrogen (secondary N) is 2. The lowest BCUT2D eigenvalue weighted by Crippen LogP contribution is -2.38. The van der Waals surface area contributed by atoms with Crippen LogP contribution in [0.5, 0.6) is 0 Å². The van der Waals surface area contributed by atoms with Crippen LogP contribution >= 0.6 is 0 Å². The molecule has 0 amide bonds. The second-order valence-electron chi connectivity index (χ2n) is 7.48. The first-order chi connectivity index (χ1) is 13.7. The van der Waals surface area contributed by atoms with Gasteiger partial charge in [-0.25, -0.2) is 0 Å². The van der Waals surface area contributed by atoms with Gasteiger partial charge < -0.3 is 25.0 Å². The maximum atomic E-state index is 5.81. The third-order valence-electron chi connectivity index (χ3n) is 4.91. The summed E-state index contributed by atoms with van der Waals surface area (Å²) in [5.74, 6) is 1.56. The number of anilines is 1. The maximum Gasteiger partial charge on any atom is 0.191 e. The first-order valence-electron chi connectivity index (χ1n) is 10.6. The SMILES string of the molecule is CCNC(=NCCCOCC1CCOCC1)NCCc1ccc(N(C)C)cc1. The summed E-state index contributed by atoms with van der Waals surface area (Å²) in [5.41, 5.74) is 2.56. The van der Waals surface area contributed by atoms with Crippen LogP contribution in [0.15, 0.2) is 29.3 Å². The van der Waals surface area contributed by atoms with E-state index in [0.29, 0.717) is 5.92 Å². The third-order valence-corrected chi connectivity index (χ3v) is 4.91. The summed E-state index contributed by atoms with van der Waals surface area (Å²) in [4.78, 5) is 6.77. The van der Waals surface area contributed by atoms with E-state index < -0.39 is 0 Å². The van der Waals surface area contributed by atoms with Gasteiger partial charge in [0.1, 0.15) is 0 Å². The molecule has 1 fully saturated rings. The van der Waals surface area contributed by atoms with E-state index in [1.165, 1.54) is 11.3 Å². The van der Waals surface area contributed by atoms with E-state index in [4.69, 9.17) is 9.47 Å². The van der Waals surface area contributed by atoms with Crippen LogP contribution in [0.2, 0.25) is 0 Å². The molecule has 158 valence electrons. The molecule has 0 spiro atoms. The van der Waals surface area contributed by atoms with E-state index in [1.54, 1.807) is 0 Å². The van der Waals surface area contributed by atoms with Crippen LogP contribution in [0.1, 0.15) is 31.7 Å². The lowest BCUT2D eigenvalue weighted by Gasteiger charge is -2.21. The molecule has 0 saturated carbocycles. The highest BCUT2D eigenvalue weighted by atomic mass is 16.5. The highest BCUT2D eigenvalue weighted by Gasteiger charge is 2.13. The minimum absolute atomic E-state index is 0.669. The molecule has 2 N–H and O–H groups in total. The molecule has 0 radical (unpaired) electrons. The van der Waals surface area contributed by atoms with Gasteiger partial charge in [0, 0.05) is 65.8 Å². The number of ether oxygens (including phenoxy) is 2. The number of guanidine groups is 1. The number of hydrogen-bond acceptors (Lipinski definition) is 4. The first-order valence-corrected chi connectivity index (χ1v) is 10.6. The minimum atomic E-state index is 0.669. The summed E-state index contributed by atoms with van der Waals surface area (Å²) < 4.78 is 11.2. The van der Waals surface area contributed by atoms with E-state index >= 15 is 0 Å². The topological polar surface area (TPSA) is 58.1 Å². The summed E-state index contributed by atoms with van der Waals surface area (Å²) in [7, 11) is 4.12. The molecule has 1 aliphatic heterocycles. The molecule has 0 aromatic heterocycles. The fourth-order valence-electron chi connectivity index (χ4n) is 3.15. The van der Waals surface area contributed by atoms with Gasteiger partial charge >= 0.3 is 0 Å². The van der Waals surface area contributed by atoms with E-state index in [0.717, 1.165) is 77.7 Å². The molecule has 0 aliphatic carbocycles. The van der Waals surface area contributed by atoms with Crippen molar-refractivity contribution >= 4 is 11.6 Å². The first kappa shape index (κ1) is 22.5. The molecule has 1 heterocycles. The molecule has 28 heavy (non-hydrogen) atoms. The van der Waals surface area contributed by atoms with Gasteiger partial charge in [0.2, 0.25) is 0 Å². The Hall–Kier alpha value is -1.79. The van der Waals surface area contributed by atoms with Crippen molar-refractivity contribution in [1.82, 2.24) is 10.6 Å². The quantitative estimate of drug-likeness (QED) is 0.346. The monoisotopic (exact) mass is 390 g/mol. The van der Waals surface area contributed by atoms with Gasteiger partial charge in [-0.1, -0.05) is 12.1 Å². The molecule has 6 nitrogen and oxygen atoms in total. The molecule has 2 rings (SSSR count). The van der Waals surface area contributed by atoms with Crippen molar-refractivity contribution in [2.45, 2.75) is 32.6 Å². The Balaban J connectivity index is 1.61. The molecule has 6 heteroatoms. The summed E-state index contributed by atoms with van der Waals surface area (Å²) in [5, 5.41) is 6.74. The second kappa shape index (κ2) is 13.4. The lowest BCUT2D eigenvalue weighted by atomic mass is 10.0. The summed E-state index contributed by atoms with van der Waals surface area (Å²) >= 11 is 0. The lowest BCUT2D eigenvalue weighted by molar-refractivity contribution is 0.0205.